The number of hydrogen-bond donors (Lipinski definition) is 0. The Bertz CT molecular complexity index is 1310. The Morgan fingerprint density at radius 3 is 2.70 bits per heavy atom. The number of fused-ring (bicyclic) bond motifs is 2. The van der Waals surface area contributed by atoms with Crippen LogP contribution in [0.2, 0.25) is 0 Å². The van der Waals surface area contributed by atoms with E-state index in [-0.39, 0.29) is 17.9 Å². The lowest BCUT2D eigenvalue weighted by molar-refractivity contribution is 0.0491. The van der Waals surface area contributed by atoms with Gasteiger partial charge in [-0.1, -0.05) is 48.2 Å². The SMILES string of the molecule is C=CCn1c(SCc2c(C(=O)OCC)oc3ccccc23)nc2ccccc2c1=O. The van der Waals surface area contributed by atoms with Gasteiger partial charge in [-0.05, 0) is 25.1 Å². The summed E-state index contributed by atoms with van der Waals surface area (Å²) in [5, 5.41) is 1.95. The summed E-state index contributed by atoms with van der Waals surface area (Å²) in [6, 6.07) is 14.7. The van der Waals surface area contributed by atoms with Gasteiger partial charge in [-0.25, -0.2) is 9.78 Å². The largest absolute Gasteiger partial charge is 0.460 e. The predicted molar refractivity (Wildman–Crippen MR) is 118 cm³/mol. The first-order chi connectivity index (χ1) is 14.6. The lowest BCUT2D eigenvalue weighted by Crippen LogP contribution is -2.22. The van der Waals surface area contributed by atoms with Gasteiger partial charge in [-0.2, -0.15) is 0 Å². The zero-order valence-electron chi connectivity index (χ0n) is 16.5. The third-order valence-electron chi connectivity index (χ3n) is 4.64. The maximum Gasteiger partial charge on any atom is 0.374 e. The Balaban J connectivity index is 1.77. The number of carbonyl (C=O) groups excluding carboxylic acids is 1. The molecule has 6 nitrogen and oxygen atoms in total. The number of allylic oxidation sites excluding steroid dienone is 1. The molecule has 7 heteroatoms. The highest BCUT2D eigenvalue weighted by molar-refractivity contribution is 7.98. The van der Waals surface area contributed by atoms with Crippen LogP contribution < -0.4 is 5.56 Å². The van der Waals surface area contributed by atoms with Crippen molar-refractivity contribution >= 4 is 39.6 Å². The third kappa shape index (κ3) is 3.64. The van der Waals surface area contributed by atoms with E-state index in [4.69, 9.17) is 9.15 Å². The van der Waals surface area contributed by atoms with Crippen molar-refractivity contribution in [3.8, 4) is 0 Å². The molecule has 152 valence electrons. The van der Waals surface area contributed by atoms with Crippen molar-refractivity contribution < 1.29 is 13.9 Å². The number of thioether (sulfide) groups is 1. The van der Waals surface area contributed by atoms with E-state index >= 15 is 0 Å². The molecule has 2 heterocycles. The monoisotopic (exact) mass is 420 g/mol. The average Bonchev–Trinajstić information content (AvgIpc) is 3.13. The highest BCUT2D eigenvalue weighted by Gasteiger charge is 2.22. The number of para-hydroxylation sites is 2. The van der Waals surface area contributed by atoms with Crippen LogP contribution in [0.15, 0.2) is 75.6 Å². The molecule has 2 aromatic heterocycles. The van der Waals surface area contributed by atoms with Crippen LogP contribution in [0.3, 0.4) is 0 Å². The van der Waals surface area contributed by atoms with Gasteiger partial charge in [0.1, 0.15) is 5.58 Å². The minimum atomic E-state index is -0.501. The second kappa shape index (κ2) is 8.59. The van der Waals surface area contributed by atoms with E-state index in [0.29, 0.717) is 33.9 Å². The van der Waals surface area contributed by atoms with Crippen molar-refractivity contribution in [2.24, 2.45) is 0 Å². The van der Waals surface area contributed by atoms with Crippen LogP contribution in [0.5, 0.6) is 0 Å². The molecule has 0 saturated carbocycles. The van der Waals surface area contributed by atoms with Crippen molar-refractivity contribution in [2.75, 3.05) is 6.61 Å². The number of hydrogen-bond acceptors (Lipinski definition) is 6. The molecule has 0 unspecified atom stereocenters. The maximum absolute atomic E-state index is 12.9. The van der Waals surface area contributed by atoms with Crippen LogP contribution in [0, 0.1) is 0 Å². The minimum Gasteiger partial charge on any atom is -0.460 e. The molecular formula is C23H20N2O4S. The number of carbonyl (C=O) groups is 1. The van der Waals surface area contributed by atoms with Crippen LogP contribution in [0.4, 0.5) is 0 Å². The van der Waals surface area contributed by atoms with Crippen molar-refractivity contribution in [3.63, 3.8) is 0 Å². The summed E-state index contributed by atoms with van der Waals surface area (Å²) < 4.78 is 12.5. The van der Waals surface area contributed by atoms with Gasteiger partial charge in [0.2, 0.25) is 5.76 Å². The molecule has 0 bridgehead atoms. The summed E-state index contributed by atoms with van der Waals surface area (Å²) in [4.78, 5) is 30.1. The van der Waals surface area contributed by atoms with Crippen LogP contribution in [-0.4, -0.2) is 22.1 Å². The number of esters is 1. The summed E-state index contributed by atoms with van der Waals surface area (Å²) in [5.41, 5.74) is 1.85. The summed E-state index contributed by atoms with van der Waals surface area (Å²) in [6.07, 6.45) is 1.67. The smallest absolute Gasteiger partial charge is 0.374 e. The van der Waals surface area contributed by atoms with Crippen LogP contribution >= 0.6 is 11.8 Å². The molecule has 0 aliphatic carbocycles. The number of ether oxygens (including phenoxy) is 1. The Kier molecular flexibility index (Phi) is 5.72. The predicted octanol–water partition coefficient (Wildman–Crippen LogP) is 4.80. The fraction of sp³-hybridized carbons (Fsp3) is 0.174. The van der Waals surface area contributed by atoms with Gasteiger partial charge in [-0.3, -0.25) is 9.36 Å². The van der Waals surface area contributed by atoms with E-state index in [1.807, 2.05) is 42.5 Å². The fourth-order valence-corrected chi connectivity index (χ4v) is 4.32. The molecule has 0 atom stereocenters. The van der Waals surface area contributed by atoms with Gasteiger partial charge < -0.3 is 9.15 Å². The molecule has 0 amide bonds. The van der Waals surface area contributed by atoms with E-state index in [9.17, 15) is 9.59 Å². The molecule has 0 aliphatic rings. The van der Waals surface area contributed by atoms with Crippen molar-refractivity contribution in [1.29, 1.82) is 0 Å². The molecule has 0 spiro atoms. The number of benzene rings is 2. The molecule has 0 saturated heterocycles. The molecule has 30 heavy (non-hydrogen) atoms. The first kappa shape index (κ1) is 20.0. The Labute approximate surface area is 177 Å². The first-order valence-corrected chi connectivity index (χ1v) is 10.5. The van der Waals surface area contributed by atoms with Gasteiger partial charge in [0.15, 0.2) is 5.16 Å². The van der Waals surface area contributed by atoms with E-state index < -0.39 is 5.97 Å². The summed E-state index contributed by atoms with van der Waals surface area (Å²) in [6.45, 7) is 6.11. The van der Waals surface area contributed by atoms with Crippen molar-refractivity contribution in [1.82, 2.24) is 9.55 Å². The Hall–Kier alpha value is -3.32. The van der Waals surface area contributed by atoms with E-state index in [2.05, 4.69) is 11.6 Å². The zero-order valence-corrected chi connectivity index (χ0v) is 17.3. The quantitative estimate of drug-likeness (QED) is 0.185. The lowest BCUT2D eigenvalue weighted by atomic mass is 10.1. The van der Waals surface area contributed by atoms with E-state index in [1.165, 1.54) is 11.8 Å². The number of aromatic nitrogens is 2. The lowest BCUT2D eigenvalue weighted by Gasteiger charge is -2.11. The average molecular weight is 420 g/mol. The van der Waals surface area contributed by atoms with Gasteiger partial charge in [0.05, 0.1) is 17.5 Å². The van der Waals surface area contributed by atoms with Crippen LogP contribution in [0.25, 0.3) is 21.9 Å². The molecule has 0 fully saturated rings. The number of rotatable bonds is 7. The van der Waals surface area contributed by atoms with Crippen LogP contribution in [-0.2, 0) is 17.0 Å². The number of furan rings is 1. The molecule has 2 aromatic carbocycles. The minimum absolute atomic E-state index is 0.120. The second-order valence-electron chi connectivity index (χ2n) is 6.53. The topological polar surface area (TPSA) is 74.3 Å². The molecule has 4 rings (SSSR count). The van der Waals surface area contributed by atoms with Gasteiger partial charge in [0, 0.05) is 23.2 Å². The zero-order chi connectivity index (χ0) is 21.1. The molecule has 4 aromatic rings. The summed E-state index contributed by atoms with van der Waals surface area (Å²) in [7, 11) is 0. The molecular weight excluding hydrogens is 400 g/mol. The van der Waals surface area contributed by atoms with E-state index in [0.717, 1.165) is 10.9 Å². The maximum atomic E-state index is 12.9. The molecule has 0 aliphatic heterocycles. The summed E-state index contributed by atoms with van der Waals surface area (Å²) in [5.74, 6) is 0.0794. The van der Waals surface area contributed by atoms with Crippen molar-refractivity contribution in [3.05, 3.63) is 82.9 Å². The van der Waals surface area contributed by atoms with Gasteiger partial charge in [-0.15, -0.1) is 6.58 Å². The van der Waals surface area contributed by atoms with Crippen molar-refractivity contribution in [2.45, 2.75) is 24.4 Å². The molecule has 0 N–H and O–H groups in total. The first-order valence-electron chi connectivity index (χ1n) is 9.54. The molecule has 0 radical (unpaired) electrons. The fourth-order valence-electron chi connectivity index (χ4n) is 3.29. The Morgan fingerprint density at radius 1 is 1.20 bits per heavy atom. The second-order valence-corrected chi connectivity index (χ2v) is 7.47. The third-order valence-corrected chi connectivity index (χ3v) is 5.65. The van der Waals surface area contributed by atoms with Gasteiger partial charge >= 0.3 is 5.97 Å². The summed E-state index contributed by atoms with van der Waals surface area (Å²) >= 11 is 1.37. The van der Waals surface area contributed by atoms with Crippen LogP contribution in [0.1, 0.15) is 23.0 Å². The standard InChI is InChI=1S/C23H20N2O4S/c1-3-13-25-21(26)16-10-5-7-11-18(16)24-23(25)30-14-17-15-9-6-8-12-19(15)29-20(17)22(27)28-4-2/h3,5-12H,1,4,13-14H2,2H3. The van der Waals surface area contributed by atoms with E-state index in [1.54, 1.807) is 23.6 Å². The highest BCUT2D eigenvalue weighted by Crippen LogP contribution is 2.32. The number of nitrogens with zero attached hydrogens (tertiary/aromatic N) is 2. The van der Waals surface area contributed by atoms with Gasteiger partial charge in [0.25, 0.3) is 5.56 Å². The highest BCUT2D eigenvalue weighted by atomic mass is 32.2. The Morgan fingerprint density at radius 2 is 1.93 bits per heavy atom. The normalized spacial score (nSPS) is 11.1.